The van der Waals surface area contributed by atoms with E-state index in [4.69, 9.17) is 33.8 Å². The van der Waals surface area contributed by atoms with Gasteiger partial charge in [-0.05, 0) is 69.6 Å². The Hall–Kier alpha value is -5.55. The quantitative estimate of drug-likeness (QED) is 0.131. The van der Waals surface area contributed by atoms with Crippen LogP contribution in [0.4, 0.5) is 10.7 Å². The van der Waals surface area contributed by atoms with Crippen molar-refractivity contribution in [3.8, 4) is 5.75 Å². The summed E-state index contributed by atoms with van der Waals surface area (Å²) < 4.78 is 34.3. The van der Waals surface area contributed by atoms with Crippen molar-refractivity contribution < 1.29 is 52.4 Å². The first kappa shape index (κ1) is 47.5. The lowest BCUT2D eigenvalue weighted by Crippen LogP contribution is -2.38. The van der Waals surface area contributed by atoms with Gasteiger partial charge in [0.1, 0.15) is 17.4 Å². The number of rotatable bonds is 12. The number of ether oxygens (including phenoxy) is 5. The van der Waals surface area contributed by atoms with E-state index in [1.54, 1.807) is 57.2 Å². The van der Waals surface area contributed by atoms with Crippen LogP contribution in [0.3, 0.4) is 0 Å². The normalized spacial score (nSPS) is 26.8. The monoisotopic (exact) mass is 860 g/mol. The third-order valence-electron chi connectivity index (χ3n) is 11.2. The standard InChI is InChI=1S/C46H60N4O12/c1-27-21-33-41(48-15-8-7-9-18-60-31-13-14-32-35(51)26-40(61-38(32)24-31)50-16-19-59-20-17-50)36(52)25-34(43(33)54)49-45(55)28(2)11-10-12-37(57-5)44(62-46(47)56)30(4)23-29(3)42(53)39(22-27)58-6/h10-14,23-27,29,37,39,42,44,48,53H,7-9,15-22H2,1-6H3,(H2,47,56)(H,49,55)/b12-10-,28-11+,30-23+/t27-,29+,37?,39+,42-,44+/m1/s1. The minimum atomic E-state index is -1.01. The van der Waals surface area contributed by atoms with Gasteiger partial charge < -0.3 is 54.5 Å². The number of nitrogens with zero attached hydrogens (tertiary/aromatic N) is 1. The molecular weight excluding hydrogens is 801 g/mol. The highest BCUT2D eigenvalue weighted by Gasteiger charge is 2.33. The molecule has 2 aliphatic heterocycles. The van der Waals surface area contributed by atoms with Crippen LogP contribution >= 0.6 is 0 Å². The zero-order valence-electron chi connectivity index (χ0n) is 36.4. The van der Waals surface area contributed by atoms with E-state index in [1.807, 2.05) is 11.8 Å². The number of ketones is 2. The molecule has 16 heteroatoms. The van der Waals surface area contributed by atoms with Gasteiger partial charge in [0.2, 0.25) is 11.6 Å². The second-order valence-corrected chi connectivity index (χ2v) is 16.0. The molecule has 1 aliphatic carbocycles. The smallest absolute Gasteiger partial charge is 0.405 e. The van der Waals surface area contributed by atoms with Crippen molar-refractivity contribution in [1.29, 1.82) is 0 Å². The Labute approximate surface area is 361 Å². The summed E-state index contributed by atoms with van der Waals surface area (Å²) in [6.07, 6.45) is 5.70. The maximum atomic E-state index is 14.1. The number of methoxy groups -OCH3 is 2. The number of unbranched alkanes of at least 4 members (excludes halogenated alkanes) is 2. The maximum Gasteiger partial charge on any atom is 0.405 e. The minimum absolute atomic E-state index is 0.123. The number of carbonyl (C=O) groups excluding carboxylic acids is 4. The maximum absolute atomic E-state index is 14.1. The highest BCUT2D eigenvalue weighted by atomic mass is 16.6. The van der Waals surface area contributed by atoms with Crippen LogP contribution in [0, 0.1) is 11.8 Å². The Morgan fingerprint density at radius 2 is 1.79 bits per heavy atom. The predicted molar refractivity (Wildman–Crippen MR) is 232 cm³/mol. The largest absolute Gasteiger partial charge is 0.493 e. The summed E-state index contributed by atoms with van der Waals surface area (Å²) in [7, 11) is 2.92. The number of Topliss-reactive ketones (excluding diaryl/α,β-unsaturated/α-hetero) is 1. The van der Waals surface area contributed by atoms with Crippen molar-refractivity contribution >= 4 is 40.4 Å². The first-order chi connectivity index (χ1) is 29.7. The summed E-state index contributed by atoms with van der Waals surface area (Å²) in [6, 6.07) is 6.69. The second-order valence-electron chi connectivity index (χ2n) is 16.0. The average molecular weight is 861 g/mol. The van der Waals surface area contributed by atoms with Crippen molar-refractivity contribution in [1.82, 2.24) is 10.6 Å². The minimum Gasteiger partial charge on any atom is -0.493 e. The molecule has 6 atom stereocenters. The molecule has 3 aliphatic rings. The van der Waals surface area contributed by atoms with Gasteiger partial charge in [-0.3, -0.25) is 19.2 Å². The van der Waals surface area contributed by atoms with Gasteiger partial charge in [0.15, 0.2) is 17.4 Å². The number of nitrogens with one attached hydrogen (secondary N) is 2. The van der Waals surface area contributed by atoms with E-state index in [-0.39, 0.29) is 40.3 Å². The molecule has 5 rings (SSSR count). The number of carbonyl (C=O) groups is 4. The number of morpholine rings is 1. The predicted octanol–water partition coefficient (Wildman–Crippen LogP) is 4.54. The summed E-state index contributed by atoms with van der Waals surface area (Å²) in [5.74, 6) is -1.17. The second kappa shape index (κ2) is 22.5. The molecule has 3 heterocycles. The van der Waals surface area contributed by atoms with Crippen LogP contribution in [0.2, 0.25) is 0 Å². The molecule has 62 heavy (non-hydrogen) atoms. The van der Waals surface area contributed by atoms with Crippen LogP contribution in [0.15, 0.2) is 92.0 Å². The summed E-state index contributed by atoms with van der Waals surface area (Å²) in [4.78, 5) is 67.7. The Kier molecular flexibility index (Phi) is 17.2. The summed E-state index contributed by atoms with van der Waals surface area (Å²) >= 11 is 0. The van der Waals surface area contributed by atoms with Gasteiger partial charge in [0.05, 0.1) is 48.8 Å². The van der Waals surface area contributed by atoms with Gasteiger partial charge >= 0.3 is 6.09 Å². The Balaban J connectivity index is 1.27. The molecule has 5 N–H and O–H groups in total. The van der Waals surface area contributed by atoms with E-state index in [1.165, 1.54) is 26.4 Å². The lowest BCUT2D eigenvalue weighted by Gasteiger charge is -2.30. The van der Waals surface area contributed by atoms with Crippen molar-refractivity contribution in [2.24, 2.45) is 17.6 Å². The van der Waals surface area contributed by atoms with Gasteiger partial charge in [0.25, 0.3) is 5.91 Å². The first-order valence-electron chi connectivity index (χ1n) is 21.1. The lowest BCUT2D eigenvalue weighted by molar-refractivity contribution is -0.120. The molecule has 1 aromatic heterocycles. The van der Waals surface area contributed by atoms with Crippen LogP contribution < -0.4 is 31.4 Å². The Morgan fingerprint density at radius 3 is 2.50 bits per heavy atom. The van der Waals surface area contributed by atoms with Gasteiger partial charge in [0, 0.05) is 69.1 Å². The fraction of sp³-hybridized carbons (Fsp3) is 0.500. The molecule has 0 saturated carbocycles. The number of aliphatic hydroxyl groups excluding tert-OH is 1. The van der Waals surface area contributed by atoms with Crippen LogP contribution in [0.25, 0.3) is 11.0 Å². The number of hydrogen-bond acceptors (Lipinski definition) is 14. The third-order valence-corrected chi connectivity index (χ3v) is 11.2. The Bertz CT molecular complexity index is 2160. The molecule has 0 radical (unpaired) electrons. The van der Waals surface area contributed by atoms with E-state index >= 15 is 0 Å². The number of nitrogens with two attached hydrogens (primary N) is 1. The number of amides is 2. The van der Waals surface area contributed by atoms with E-state index in [2.05, 4.69) is 10.6 Å². The fourth-order valence-electron chi connectivity index (χ4n) is 7.74. The molecule has 2 bridgehead atoms. The van der Waals surface area contributed by atoms with E-state index in [9.17, 15) is 29.1 Å². The lowest BCUT2D eigenvalue weighted by atomic mass is 9.85. The Morgan fingerprint density at radius 1 is 1.03 bits per heavy atom. The van der Waals surface area contributed by atoms with Crippen LogP contribution in [0.1, 0.15) is 59.8 Å². The van der Waals surface area contributed by atoms with Crippen LogP contribution in [-0.4, -0.2) is 107 Å². The molecule has 1 aromatic carbocycles. The molecule has 0 spiro atoms. The highest BCUT2D eigenvalue weighted by molar-refractivity contribution is 6.23. The van der Waals surface area contributed by atoms with Crippen LogP contribution in [0.5, 0.6) is 5.75 Å². The van der Waals surface area contributed by atoms with Crippen molar-refractivity contribution in [3.63, 3.8) is 0 Å². The molecule has 2 aromatic rings. The number of hydrogen-bond donors (Lipinski definition) is 4. The van der Waals surface area contributed by atoms with E-state index in [0.717, 1.165) is 12.5 Å². The van der Waals surface area contributed by atoms with Gasteiger partial charge in [-0.2, -0.15) is 0 Å². The molecular formula is C46H60N4O12. The highest BCUT2D eigenvalue weighted by Crippen LogP contribution is 2.29. The fourth-order valence-corrected chi connectivity index (χ4v) is 7.74. The SMILES string of the molecule is COC1/C=C\C=C(/C)C(=O)NC2=CC(=O)C(NCCCCCOc3ccc4c(=O)cc(N5CCOCC5)oc4c3)=C(C[C@@H](C)C[C@H](OC)[C@H](O)[C@@H](C)/C=C(\C)[C@@H]1OC(N)=O)C2=O. The molecule has 16 nitrogen and oxygen atoms in total. The number of aliphatic hydroxyl groups is 1. The van der Waals surface area contributed by atoms with Gasteiger partial charge in [-0.15, -0.1) is 0 Å². The summed E-state index contributed by atoms with van der Waals surface area (Å²) in [5.41, 5.74) is 6.78. The van der Waals surface area contributed by atoms with Crippen molar-refractivity contribution in [3.05, 3.63) is 93.0 Å². The number of primary amides is 1. The van der Waals surface area contributed by atoms with Gasteiger partial charge in [-0.25, -0.2) is 4.79 Å². The molecule has 1 saturated heterocycles. The average Bonchev–Trinajstić information content (AvgIpc) is 3.25. The topological polar surface area (TPSA) is 218 Å². The number of allylic oxidation sites excluding steroid dienone is 4. The van der Waals surface area contributed by atoms with E-state index < -0.39 is 53.9 Å². The molecule has 1 unspecified atom stereocenters. The van der Waals surface area contributed by atoms with Crippen molar-refractivity contribution in [2.45, 2.75) is 84.2 Å². The first-order valence-corrected chi connectivity index (χ1v) is 21.1. The van der Waals surface area contributed by atoms with Gasteiger partial charge in [-0.1, -0.05) is 38.2 Å². The molecule has 2 amide bonds. The molecule has 1 fully saturated rings. The molecule has 336 valence electrons. The summed E-state index contributed by atoms with van der Waals surface area (Å²) in [5, 5.41) is 17.8. The summed E-state index contributed by atoms with van der Waals surface area (Å²) in [6.45, 7) is 10.2. The number of fused-ring (bicyclic) bond motifs is 3. The zero-order chi connectivity index (χ0) is 44.9. The number of benzene rings is 1. The third kappa shape index (κ3) is 12.5. The zero-order valence-corrected chi connectivity index (χ0v) is 36.4. The van der Waals surface area contributed by atoms with Crippen LogP contribution in [-0.2, 0) is 33.3 Å². The van der Waals surface area contributed by atoms with E-state index in [0.29, 0.717) is 86.9 Å². The number of anilines is 1. The van der Waals surface area contributed by atoms with Crippen molar-refractivity contribution in [2.75, 3.05) is 58.6 Å².